The Morgan fingerprint density at radius 3 is 2.85 bits per heavy atom. The van der Waals surface area contributed by atoms with Gasteiger partial charge in [-0.25, -0.2) is 15.0 Å². The Morgan fingerprint density at radius 2 is 2.15 bits per heavy atom. The van der Waals surface area contributed by atoms with Gasteiger partial charge in [0.25, 0.3) is 0 Å². The van der Waals surface area contributed by atoms with Gasteiger partial charge in [0, 0.05) is 37.2 Å². The van der Waals surface area contributed by atoms with Crippen molar-refractivity contribution in [3.63, 3.8) is 0 Å². The van der Waals surface area contributed by atoms with Gasteiger partial charge in [-0.2, -0.15) is 5.26 Å². The zero-order valence-electron chi connectivity index (χ0n) is 15.2. The molecular weight excluding hydrogens is 346 g/mol. The Hall–Kier alpha value is -2.92. The number of rotatable bonds is 3. The number of anilines is 1. The molecule has 2 saturated heterocycles. The highest BCUT2D eigenvalue weighted by Crippen LogP contribution is 2.34. The monoisotopic (exact) mass is 367 g/mol. The van der Waals surface area contributed by atoms with Crippen LogP contribution < -0.4 is 4.90 Å². The molecule has 8 nitrogen and oxygen atoms in total. The molecule has 0 unspecified atom stereocenters. The second kappa shape index (κ2) is 7.37. The Balaban J connectivity index is 1.40. The van der Waals surface area contributed by atoms with Crippen molar-refractivity contribution >= 4 is 11.9 Å². The van der Waals surface area contributed by atoms with Gasteiger partial charge in [-0.1, -0.05) is 0 Å². The summed E-state index contributed by atoms with van der Waals surface area (Å²) in [5.74, 6) is 1.32. The molecule has 8 heteroatoms. The first-order chi connectivity index (χ1) is 13.2. The molecule has 1 atom stereocenters. The van der Waals surface area contributed by atoms with Crippen LogP contribution in [-0.2, 0) is 9.63 Å². The number of nitrogens with zero attached hydrogens (tertiary/aromatic N) is 5. The van der Waals surface area contributed by atoms with Crippen LogP contribution in [0.3, 0.4) is 0 Å². The summed E-state index contributed by atoms with van der Waals surface area (Å²) >= 11 is 0. The zero-order valence-corrected chi connectivity index (χ0v) is 15.2. The maximum atomic E-state index is 13.0. The summed E-state index contributed by atoms with van der Waals surface area (Å²) in [6.45, 7) is 3.78. The van der Waals surface area contributed by atoms with Gasteiger partial charge < -0.3 is 9.32 Å². The predicted octanol–water partition coefficient (Wildman–Crippen LogP) is 2.37. The lowest BCUT2D eigenvalue weighted by Crippen LogP contribution is -2.42. The number of nitriles is 1. The molecule has 2 aliphatic rings. The third-order valence-corrected chi connectivity index (χ3v) is 5.14. The van der Waals surface area contributed by atoms with Crippen molar-refractivity contribution in [2.75, 3.05) is 24.6 Å². The molecule has 0 bridgehead atoms. The van der Waals surface area contributed by atoms with Gasteiger partial charge in [0.1, 0.15) is 17.5 Å². The smallest absolute Gasteiger partial charge is 0.249 e. The number of aryl methyl sites for hydroxylation is 1. The van der Waals surface area contributed by atoms with Gasteiger partial charge in [0.2, 0.25) is 11.9 Å². The van der Waals surface area contributed by atoms with E-state index in [-0.39, 0.29) is 17.9 Å². The number of carbonyl (C=O) groups is 1. The first-order valence-corrected chi connectivity index (χ1v) is 9.15. The highest BCUT2D eigenvalue weighted by atomic mass is 16.7. The molecule has 0 radical (unpaired) electrons. The van der Waals surface area contributed by atoms with Gasteiger partial charge in [0.15, 0.2) is 0 Å². The maximum Gasteiger partial charge on any atom is 0.249 e. The summed E-state index contributed by atoms with van der Waals surface area (Å²) in [4.78, 5) is 29.2. The van der Waals surface area contributed by atoms with Crippen molar-refractivity contribution in [2.24, 2.45) is 5.92 Å². The minimum atomic E-state index is -0.0889. The molecule has 2 aromatic heterocycles. The van der Waals surface area contributed by atoms with E-state index in [1.165, 1.54) is 5.06 Å². The molecule has 1 amide bonds. The molecule has 4 heterocycles. The standard InChI is InChI=1S/C19H21N5O3/c1-13-10-15(12-26-13)17-5-9-27-24(17)18(25)14-3-7-23(8-4-14)19-21-6-2-16(11-20)22-19/h2,6,10,12,14,17H,3-5,7-9H2,1H3/t17-/m0/s1. The summed E-state index contributed by atoms with van der Waals surface area (Å²) in [7, 11) is 0. The van der Waals surface area contributed by atoms with E-state index < -0.39 is 0 Å². The minimum absolute atomic E-state index is 0.0303. The van der Waals surface area contributed by atoms with E-state index in [0.29, 0.717) is 44.2 Å². The summed E-state index contributed by atoms with van der Waals surface area (Å²) in [6, 6.07) is 5.50. The number of hydrogen-bond acceptors (Lipinski definition) is 7. The Labute approximate surface area is 157 Å². The first-order valence-electron chi connectivity index (χ1n) is 9.15. The third kappa shape index (κ3) is 3.51. The van der Waals surface area contributed by atoms with Crippen LogP contribution in [-0.4, -0.2) is 40.6 Å². The SMILES string of the molecule is Cc1cc([C@@H]2CCON2C(=O)C2CCN(c3nccc(C#N)n3)CC2)co1. The average Bonchev–Trinajstić information content (AvgIpc) is 3.36. The lowest BCUT2D eigenvalue weighted by atomic mass is 9.95. The molecule has 0 N–H and O–H groups in total. The lowest BCUT2D eigenvalue weighted by molar-refractivity contribution is -0.182. The topological polar surface area (TPSA) is 95.5 Å². The molecule has 2 fully saturated rings. The second-order valence-electron chi connectivity index (χ2n) is 6.91. The summed E-state index contributed by atoms with van der Waals surface area (Å²) in [6.07, 6.45) is 5.48. The van der Waals surface area contributed by atoms with E-state index in [2.05, 4.69) is 9.97 Å². The zero-order chi connectivity index (χ0) is 18.8. The van der Waals surface area contributed by atoms with E-state index in [9.17, 15) is 4.79 Å². The number of furan rings is 1. The summed E-state index contributed by atoms with van der Waals surface area (Å²) in [5.41, 5.74) is 1.33. The molecule has 0 aromatic carbocycles. The summed E-state index contributed by atoms with van der Waals surface area (Å²) in [5, 5.41) is 10.5. The number of piperidine rings is 1. The van der Waals surface area contributed by atoms with Crippen LogP contribution >= 0.6 is 0 Å². The van der Waals surface area contributed by atoms with Crippen molar-refractivity contribution in [3.8, 4) is 6.07 Å². The molecule has 2 aromatic rings. The Morgan fingerprint density at radius 1 is 1.33 bits per heavy atom. The molecule has 27 heavy (non-hydrogen) atoms. The first kappa shape index (κ1) is 17.5. The van der Waals surface area contributed by atoms with Crippen molar-refractivity contribution < 1.29 is 14.0 Å². The fraction of sp³-hybridized carbons (Fsp3) is 0.474. The normalized spacial score (nSPS) is 20.7. The molecule has 2 aliphatic heterocycles. The van der Waals surface area contributed by atoms with Crippen molar-refractivity contribution in [3.05, 3.63) is 41.6 Å². The fourth-order valence-corrected chi connectivity index (χ4v) is 3.70. The lowest BCUT2D eigenvalue weighted by Gasteiger charge is -2.33. The molecular formula is C19H21N5O3. The number of hydroxylamine groups is 2. The van der Waals surface area contributed by atoms with Crippen LogP contribution in [0.2, 0.25) is 0 Å². The van der Waals surface area contributed by atoms with E-state index >= 15 is 0 Å². The second-order valence-corrected chi connectivity index (χ2v) is 6.91. The third-order valence-electron chi connectivity index (χ3n) is 5.14. The maximum absolute atomic E-state index is 13.0. The van der Waals surface area contributed by atoms with Crippen LogP contribution in [0.15, 0.2) is 29.0 Å². The van der Waals surface area contributed by atoms with E-state index in [1.54, 1.807) is 18.5 Å². The van der Waals surface area contributed by atoms with E-state index in [0.717, 1.165) is 17.7 Å². The Kier molecular flexibility index (Phi) is 4.77. The van der Waals surface area contributed by atoms with Gasteiger partial charge in [0.05, 0.1) is 18.9 Å². The minimum Gasteiger partial charge on any atom is -0.469 e. The molecule has 140 valence electrons. The van der Waals surface area contributed by atoms with Crippen molar-refractivity contribution in [1.82, 2.24) is 15.0 Å². The van der Waals surface area contributed by atoms with Crippen LogP contribution in [0.1, 0.15) is 42.3 Å². The number of hydrogen-bond donors (Lipinski definition) is 0. The molecule has 0 saturated carbocycles. The van der Waals surface area contributed by atoms with Gasteiger partial charge in [-0.05, 0) is 31.9 Å². The fourth-order valence-electron chi connectivity index (χ4n) is 3.70. The van der Waals surface area contributed by atoms with Crippen LogP contribution in [0.25, 0.3) is 0 Å². The van der Waals surface area contributed by atoms with E-state index in [1.807, 2.05) is 24.0 Å². The van der Waals surface area contributed by atoms with Gasteiger partial charge in [-0.15, -0.1) is 0 Å². The van der Waals surface area contributed by atoms with Crippen molar-refractivity contribution in [2.45, 2.75) is 32.2 Å². The molecule has 0 aliphatic carbocycles. The largest absolute Gasteiger partial charge is 0.469 e. The van der Waals surface area contributed by atoms with Gasteiger partial charge >= 0.3 is 0 Å². The predicted molar refractivity (Wildman–Crippen MR) is 95.3 cm³/mol. The van der Waals surface area contributed by atoms with E-state index in [4.69, 9.17) is 14.5 Å². The number of carbonyl (C=O) groups excluding carboxylic acids is 1. The van der Waals surface area contributed by atoms with Crippen LogP contribution in [0, 0.1) is 24.2 Å². The summed E-state index contributed by atoms with van der Waals surface area (Å²) < 4.78 is 5.40. The van der Waals surface area contributed by atoms with Crippen LogP contribution in [0.4, 0.5) is 5.95 Å². The highest BCUT2D eigenvalue weighted by molar-refractivity contribution is 5.79. The number of amides is 1. The van der Waals surface area contributed by atoms with Gasteiger partial charge in [-0.3, -0.25) is 9.63 Å². The van der Waals surface area contributed by atoms with Crippen LogP contribution in [0.5, 0.6) is 0 Å². The molecule has 4 rings (SSSR count). The molecule has 0 spiro atoms. The highest BCUT2D eigenvalue weighted by Gasteiger charge is 2.37. The van der Waals surface area contributed by atoms with Crippen molar-refractivity contribution in [1.29, 1.82) is 5.26 Å². The number of aromatic nitrogens is 2. The average molecular weight is 367 g/mol. The Bertz CT molecular complexity index is 866. The quantitative estimate of drug-likeness (QED) is 0.822.